The second-order valence-corrected chi connectivity index (χ2v) is 4.68. The number of ether oxygens (including phenoxy) is 2. The third kappa shape index (κ3) is 3.76. The van der Waals surface area contributed by atoms with Crippen molar-refractivity contribution in [3.63, 3.8) is 0 Å². The van der Waals surface area contributed by atoms with Gasteiger partial charge in [0.25, 0.3) is 0 Å². The van der Waals surface area contributed by atoms with Crippen molar-refractivity contribution in [3.05, 3.63) is 40.1 Å². The molecule has 1 aromatic carbocycles. The molecule has 0 unspecified atom stereocenters. The van der Waals surface area contributed by atoms with Gasteiger partial charge in [-0.05, 0) is 24.0 Å². The maximum absolute atomic E-state index is 12.1. The van der Waals surface area contributed by atoms with Gasteiger partial charge in [-0.2, -0.15) is 4.68 Å². The average molecular weight is 320 g/mol. The Labute approximate surface area is 132 Å². The lowest BCUT2D eigenvalue weighted by Gasteiger charge is -2.10. The largest absolute Gasteiger partial charge is 0.493 e. The number of hydrogen-bond donors (Lipinski definition) is 1. The number of anilines is 1. The summed E-state index contributed by atoms with van der Waals surface area (Å²) in [4.78, 5) is 22.1. The van der Waals surface area contributed by atoms with Gasteiger partial charge in [-0.1, -0.05) is 0 Å². The normalized spacial score (nSPS) is 10.2. The van der Waals surface area contributed by atoms with Gasteiger partial charge in [0, 0.05) is 11.8 Å². The third-order valence-corrected chi connectivity index (χ3v) is 3.12. The molecule has 0 aliphatic carbocycles. The highest BCUT2D eigenvalue weighted by Gasteiger charge is 2.17. The highest BCUT2D eigenvalue weighted by atomic mass is 16.6. The van der Waals surface area contributed by atoms with Crippen molar-refractivity contribution in [2.45, 2.75) is 13.5 Å². The molecule has 122 valence electrons. The molecule has 0 radical (unpaired) electrons. The second-order valence-electron chi connectivity index (χ2n) is 4.68. The molecule has 0 saturated carbocycles. The third-order valence-electron chi connectivity index (χ3n) is 3.12. The average Bonchev–Trinajstić information content (AvgIpc) is 2.88. The van der Waals surface area contributed by atoms with E-state index in [1.54, 1.807) is 25.1 Å². The number of aromatic nitrogens is 2. The molecule has 1 aromatic heterocycles. The first-order valence-electron chi connectivity index (χ1n) is 6.65. The minimum atomic E-state index is -0.601. The molecule has 0 aliphatic rings. The van der Waals surface area contributed by atoms with Crippen LogP contribution in [0, 0.1) is 17.0 Å². The van der Waals surface area contributed by atoms with Crippen LogP contribution in [0.1, 0.15) is 5.69 Å². The Bertz CT molecular complexity index is 741. The van der Waals surface area contributed by atoms with Crippen molar-refractivity contribution in [2.24, 2.45) is 0 Å². The minimum absolute atomic E-state index is 0.131. The number of amides is 1. The SMILES string of the molecule is COc1ccc(NC(=O)Cn2nc([N+](=O)[O-])cc2C)cc1OC. The van der Waals surface area contributed by atoms with Gasteiger partial charge >= 0.3 is 5.82 Å². The van der Waals surface area contributed by atoms with Crippen molar-refractivity contribution >= 4 is 17.4 Å². The standard InChI is InChI=1S/C14H16N4O5/c1-9-6-13(18(20)21)16-17(9)8-14(19)15-10-4-5-11(22-2)12(7-10)23-3/h4-7H,8H2,1-3H3,(H,15,19). The molecular weight excluding hydrogens is 304 g/mol. The molecule has 2 aromatic rings. The summed E-state index contributed by atoms with van der Waals surface area (Å²) in [5.74, 6) is 0.375. The van der Waals surface area contributed by atoms with E-state index in [-0.39, 0.29) is 18.3 Å². The number of hydrogen-bond acceptors (Lipinski definition) is 6. The number of carbonyl (C=O) groups is 1. The van der Waals surface area contributed by atoms with Gasteiger partial charge in [0.1, 0.15) is 6.54 Å². The molecule has 9 heteroatoms. The highest BCUT2D eigenvalue weighted by Crippen LogP contribution is 2.29. The van der Waals surface area contributed by atoms with Crippen molar-refractivity contribution in [2.75, 3.05) is 19.5 Å². The molecule has 2 rings (SSSR count). The lowest BCUT2D eigenvalue weighted by molar-refractivity contribution is -0.389. The van der Waals surface area contributed by atoms with Crippen LogP contribution >= 0.6 is 0 Å². The fourth-order valence-electron chi connectivity index (χ4n) is 1.99. The van der Waals surface area contributed by atoms with E-state index < -0.39 is 4.92 Å². The fraction of sp³-hybridized carbons (Fsp3) is 0.286. The lowest BCUT2D eigenvalue weighted by Crippen LogP contribution is -2.20. The molecule has 9 nitrogen and oxygen atoms in total. The molecule has 0 bridgehead atoms. The number of rotatable bonds is 6. The number of methoxy groups -OCH3 is 2. The van der Waals surface area contributed by atoms with Gasteiger partial charge in [0.2, 0.25) is 5.91 Å². The van der Waals surface area contributed by atoms with E-state index >= 15 is 0 Å². The predicted molar refractivity (Wildman–Crippen MR) is 81.8 cm³/mol. The summed E-state index contributed by atoms with van der Waals surface area (Å²) in [7, 11) is 3.01. The van der Waals surface area contributed by atoms with Crippen LogP contribution in [-0.4, -0.2) is 34.8 Å². The van der Waals surface area contributed by atoms with Crippen LogP contribution in [0.2, 0.25) is 0 Å². The van der Waals surface area contributed by atoms with Crippen LogP contribution in [0.3, 0.4) is 0 Å². The molecule has 0 aliphatic heterocycles. The summed E-state index contributed by atoms with van der Waals surface area (Å²) in [6, 6.07) is 6.26. The molecule has 1 amide bonds. The Morgan fingerprint density at radius 3 is 2.57 bits per heavy atom. The monoisotopic (exact) mass is 320 g/mol. The number of nitro groups is 1. The zero-order chi connectivity index (χ0) is 17.0. The lowest BCUT2D eigenvalue weighted by atomic mass is 10.2. The number of nitrogens with one attached hydrogen (secondary N) is 1. The summed E-state index contributed by atoms with van der Waals surface area (Å²) in [5, 5.41) is 17.1. The van der Waals surface area contributed by atoms with Gasteiger partial charge in [-0.15, -0.1) is 0 Å². The highest BCUT2D eigenvalue weighted by molar-refractivity contribution is 5.90. The topological polar surface area (TPSA) is 109 Å². The van der Waals surface area contributed by atoms with Crippen molar-refractivity contribution in [1.82, 2.24) is 9.78 Å². The first-order valence-corrected chi connectivity index (χ1v) is 6.65. The van der Waals surface area contributed by atoms with Crippen LogP contribution in [0.25, 0.3) is 0 Å². The number of nitrogens with zero attached hydrogens (tertiary/aromatic N) is 3. The summed E-state index contributed by atoms with van der Waals surface area (Å²) < 4.78 is 11.5. The first-order chi connectivity index (χ1) is 10.9. The van der Waals surface area contributed by atoms with E-state index in [1.807, 2.05) is 0 Å². The van der Waals surface area contributed by atoms with Crippen LogP contribution < -0.4 is 14.8 Å². The van der Waals surface area contributed by atoms with Gasteiger partial charge < -0.3 is 24.9 Å². The van der Waals surface area contributed by atoms with E-state index in [2.05, 4.69) is 10.4 Å². The van der Waals surface area contributed by atoms with E-state index in [1.165, 1.54) is 25.0 Å². The molecule has 0 spiro atoms. The molecule has 0 saturated heterocycles. The van der Waals surface area contributed by atoms with Crippen molar-refractivity contribution in [1.29, 1.82) is 0 Å². The quantitative estimate of drug-likeness (QED) is 0.641. The maximum Gasteiger partial charge on any atom is 0.390 e. The molecule has 0 fully saturated rings. The Morgan fingerprint density at radius 2 is 2.00 bits per heavy atom. The summed E-state index contributed by atoms with van der Waals surface area (Å²) in [6.07, 6.45) is 0. The van der Waals surface area contributed by atoms with E-state index in [4.69, 9.17) is 9.47 Å². The Balaban J connectivity index is 2.09. The Morgan fingerprint density at radius 1 is 1.30 bits per heavy atom. The summed E-state index contributed by atoms with van der Waals surface area (Å²) >= 11 is 0. The Kier molecular flexibility index (Phi) is 4.79. The van der Waals surface area contributed by atoms with Gasteiger partial charge in [-0.25, -0.2) is 0 Å². The van der Waals surface area contributed by atoms with E-state index in [0.29, 0.717) is 22.9 Å². The number of carbonyl (C=O) groups excluding carboxylic acids is 1. The molecule has 0 atom stereocenters. The molecule has 1 heterocycles. The predicted octanol–water partition coefficient (Wildman–Crippen LogP) is 1.76. The fourth-order valence-corrected chi connectivity index (χ4v) is 1.99. The number of benzene rings is 1. The van der Waals surface area contributed by atoms with Gasteiger partial charge in [0.05, 0.1) is 31.1 Å². The molecule has 23 heavy (non-hydrogen) atoms. The van der Waals surface area contributed by atoms with Crippen LogP contribution in [-0.2, 0) is 11.3 Å². The maximum atomic E-state index is 12.1. The number of aryl methyl sites for hydroxylation is 1. The van der Waals surface area contributed by atoms with Crippen LogP contribution in [0.15, 0.2) is 24.3 Å². The van der Waals surface area contributed by atoms with Crippen molar-refractivity contribution < 1.29 is 19.2 Å². The smallest absolute Gasteiger partial charge is 0.390 e. The van der Waals surface area contributed by atoms with Crippen LogP contribution in [0.5, 0.6) is 11.5 Å². The van der Waals surface area contributed by atoms with Gasteiger partial charge in [-0.3, -0.25) is 4.79 Å². The van der Waals surface area contributed by atoms with E-state index in [0.717, 1.165) is 0 Å². The van der Waals surface area contributed by atoms with E-state index in [9.17, 15) is 14.9 Å². The molecular formula is C14H16N4O5. The first kappa shape index (κ1) is 16.3. The summed E-state index contributed by atoms with van der Waals surface area (Å²) in [6.45, 7) is 1.51. The Hall–Kier alpha value is -3.10. The molecule has 1 N–H and O–H groups in total. The zero-order valence-corrected chi connectivity index (χ0v) is 12.9. The van der Waals surface area contributed by atoms with Gasteiger partial charge in [0.15, 0.2) is 11.5 Å². The second kappa shape index (κ2) is 6.77. The zero-order valence-electron chi connectivity index (χ0n) is 12.9. The summed E-state index contributed by atoms with van der Waals surface area (Å²) in [5.41, 5.74) is 1.05. The van der Waals surface area contributed by atoms with Crippen molar-refractivity contribution in [3.8, 4) is 11.5 Å². The van der Waals surface area contributed by atoms with Crippen LogP contribution in [0.4, 0.5) is 11.5 Å². The minimum Gasteiger partial charge on any atom is -0.493 e.